The molecule has 1 saturated heterocycles. The van der Waals surface area contributed by atoms with Crippen molar-refractivity contribution in [2.24, 2.45) is 0 Å². The molecular weight excluding hydrogens is 224 g/mol. The summed E-state index contributed by atoms with van der Waals surface area (Å²) in [6.07, 6.45) is -0.370. The highest BCUT2D eigenvalue weighted by Gasteiger charge is 2.38. The third-order valence-corrected chi connectivity index (χ3v) is 3.58. The summed E-state index contributed by atoms with van der Waals surface area (Å²) in [4.78, 5) is 10.8. The molecule has 1 aliphatic rings. The fourth-order valence-corrected chi connectivity index (χ4v) is 2.36. The Morgan fingerprint density at radius 3 is 2.27 bits per heavy atom. The Balaban J connectivity index is 2.46. The third-order valence-electron chi connectivity index (χ3n) is 2.33. The molecule has 0 aromatic heterocycles. The predicted molar refractivity (Wildman–Crippen MR) is 55.1 cm³/mol. The van der Waals surface area contributed by atoms with Gasteiger partial charge in [0.1, 0.15) is 4.75 Å². The molecule has 3 nitrogen and oxygen atoms in total. The van der Waals surface area contributed by atoms with Crippen molar-refractivity contribution in [1.82, 2.24) is 4.31 Å². The largest absolute Gasteiger partial charge is 0.480 e. The highest BCUT2D eigenvalue weighted by atomic mass is 32.2. The van der Waals surface area contributed by atoms with Crippen LogP contribution in [-0.4, -0.2) is 39.1 Å². The lowest BCUT2D eigenvalue weighted by molar-refractivity contribution is -0.139. The third kappa shape index (κ3) is 3.61. The number of alkyl halides is 2. The number of aliphatic carboxylic acids is 1. The Hall–Kier alpha value is -0.360. The van der Waals surface area contributed by atoms with Crippen molar-refractivity contribution in [3.63, 3.8) is 0 Å². The van der Waals surface area contributed by atoms with Gasteiger partial charge in [-0.1, -0.05) is 11.9 Å². The van der Waals surface area contributed by atoms with E-state index in [0.717, 1.165) is 11.9 Å². The van der Waals surface area contributed by atoms with Crippen molar-refractivity contribution >= 4 is 17.9 Å². The Bertz CT molecular complexity index is 248. The van der Waals surface area contributed by atoms with Gasteiger partial charge in [0, 0.05) is 25.9 Å². The minimum Gasteiger partial charge on any atom is -0.480 e. The van der Waals surface area contributed by atoms with Crippen LogP contribution in [0, 0.1) is 0 Å². The van der Waals surface area contributed by atoms with Gasteiger partial charge in [-0.15, -0.1) is 0 Å². The van der Waals surface area contributed by atoms with Gasteiger partial charge in [0.2, 0.25) is 0 Å². The second-order valence-electron chi connectivity index (χ2n) is 4.19. The maximum Gasteiger partial charge on any atom is 0.320 e. The predicted octanol–water partition coefficient (Wildman–Crippen LogP) is 2.23. The molecule has 1 heterocycles. The van der Waals surface area contributed by atoms with Gasteiger partial charge >= 0.3 is 5.97 Å². The molecule has 88 valence electrons. The minimum absolute atomic E-state index is 0.185. The van der Waals surface area contributed by atoms with E-state index >= 15 is 0 Å². The summed E-state index contributed by atoms with van der Waals surface area (Å²) in [5, 5.41) is 8.88. The van der Waals surface area contributed by atoms with Crippen molar-refractivity contribution < 1.29 is 18.7 Å². The van der Waals surface area contributed by atoms with Crippen LogP contribution in [0.25, 0.3) is 0 Å². The van der Waals surface area contributed by atoms with Crippen LogP contribution >= 0.6 is 11.9 Å². The highest BCUT2D eigenvalue weighted by molar-refractivity contribution is 7.99. The molecule has 1 rings (SSSR count). The molecule has 0 aromatic rings. The molecule has 1 fully saturated rings. The number of carboxylic acids is 1. The Morgan fingerprint density at radius 2 is 1.87 bits per heavy atom. The first-order chi connectivity index (χ1) is 6.73. The van der Waals surface area contributed by atoms with Gasteiger partial charge in [0.25, 0.3) is 5.92 Å². The van der Waals surface area contributed by atoms with E-state index in [-0.39, 0.29) is 25.9 Å². The number of piperidine rings is 1. The number of carbonyl (C=O) groups is 1. The molecule has 0 unspecified atom stereocenters. The molecule has 0 aliphatic carbocycles. The molecule has 0 atom stereocenters. The van der Waals surface area contributed by atoms with Crippen molar-refractivity contribution in [3.8, 4) is 0 Å². The smallest absolute Gasteiger partial charge is 0.320 e. The van der Waals surface area contributed by atoms with Gasteiger partial charge in [0.15, 0.2) is 0 Å². The van der Waals surface area contributed by atoms with Crippen LogP contribution in [0.1, 0.15) is 26.7 Å². The first-order valence-corrected chi connectivity index (χ1v) is 5.56. The second kappa shape index (κ2) is 4.25. The summed E-state index contributed by atoms with van der Waals surface area (Å²) in [6.45, 7) is 3.64. The average molecular weight is 239 g/mol. The first-order valence-electron chi connectivity index (χ1n) is 4.78. The van der Waals surface area contributed by atoms with E-state index in [4.69, 9.17) is 5.11 Å². The Morgan fingerprint density at radius 1 is 1.40 bits per heavy atom. The van der Waals surface area contributed by atoms with Gasteiger partial charge < -0.3 is 5.11 Å². The van der Waals surface area contributed by atoms with Crippen molar-refractivity contribution in [2.45, 2.75) is 37.4 Å². The zero-order valence-electron chi connectivity index (χ0n) is 8.80. The van der Waals surface area contributed by atoms with Crippen LogP contribution in [0.2, 0.25) is 0 Å². The second-order valence-corrected chi connectivity index (χ2v) is 5.91. The van der Waals surface area contributed by atoms with Crippen LogP contribution in [0.15, 0.2) is 0 Å². The summed E-state index contributed by atoms with van der Waals surface area (Å²) in [5.74, 6) is -3.51. The van der Waals surface area contributed by atoms with E-state index in [2.05, 4.69) is 0 Å². The van der Waals surface area contributed by atoms with Gasteiger partial charge in [-0.2, -0.15) is 0 Å². The van der Waals surface area contributed by atoms with Crippen LogP contribution in [-0.2, 0) is 4.79 Å². The number of halogens is 2. The van der Waals surface area contributed by atoms with Gasteiger partial charge in [0.05, 0.1) is 0 Å². The maximum atomic E-state index is 12.8. The molecule has 0 aromatic carbocycles. The van der Waals surface area contributed by atoms with E-state index in [9.17, 15) is 13.6 Å². The van der Waals surface area contributed by atoms with Crippen molar-refractivity contribution in [3.05, 3.63) is 0 Å². The zero-order valence-corrected chi connectivity index (χ0v) is 9.61. The van der Waals surface area contributed by atoms with Crippen molar-refractivity contribution in [1.29, 1.82) is 0 Å². The summed E-state index contributed by atoms with van der Waals surface area (Å²) in [5.41, 5.74) is 0. The molecule has 1 N–H and O–H groups in total. The summed E-state index contributed by atoms with van der Waals surface area (Å²) < 4.78 is 26.4. The normalized spacial score (nSPS) is 22.7. The molecule has 0 bridgehead atoms. The summed E-state index contributed by atoms with van der Waals surface area (Å²) >= 11 is 1.13. The molecular formula is C9H15F2NO2S. The fraction of sp³-hybridized carbons (Fsp3) is 0.889. The van der Waals surface area contributed by atoms with E-state index < -0.39 is 16.6 Å². The van der Waals surface area contributed by atoms with Gasteiger partial charge in [-0.3, -0.25) is 4.79 Å². The molecule has 0 spiro atoms. The zero-order chi connectivity index (χ0) is 11.7. The van der Waals surface area contributed by atoms with Crippen LogP contribution < -0.4 is 0 Å². The number of hydrogen-bond acceptors (Lipinski definition) is 3. The standard InChI is InChI=1S/C9H15F2NO2S/c1-8(2,7(13)14)15-12-5-3-9(10,11)4-6-12/h3-6H2,1-2H3,(H,13,14). The highest BCUT2D eigenvalue weighted by Crippen LogP contribution is 2.35. The first kappa shape index (κ1) is 12.7. The van der Waals surface area contributed by atoms with Crippen LogP contribution in [0.5, 0.6) is 0 Å². The Kier molecular flexibility index (Phi) is 3.60. The summed E-state index contributed by atoms with van der Waals surface area (Å²) in [6, 6.07) is 0. The maximum absolute atomic E-state index is 12.8. The van der Waals surface area contributed by atoms with E-state index in [1.54, 1.807) is 18.2 Å². The average Bonchev–Trinajstić information content (AvgIpc) is 2.08. The number of hydrogen-bond donors (Lipinski definition) is 1. The van der Waals surface area contributed by atoms with E-state index in [1.165, 1.54) is 0 Å². The molecule has 0 radical (unpaired) electrons. The lowest BCUT2D eigenvalue weighted by Gasteiger charge is -2.34. The quantitative estimate of drug-likeness (QED) is 0.767. The van der Waals surface area contributed by atoms with Crippen LogP contribution in [0.4, 0.5) is 8.78 Å². The molecule has 15 heavy (non-hydrogen) atoms. The summed E-state index contributed by atoms with van der Waals surface area (Å²) in [7, 11) is 0. The number of nitrogens with zero attached hydrogens (tertiary/aromatic N) is 1. The van der Waals surface area contributed by atoms with Gasteiger partial charge in [-0.25, -0.2) is 13.1 Å². The van der Waals surface area contributed by atoms with Crippen LogP contribution in [0.3, 0.4) is 0 Å². The van der Waals surface area contributed by atoms with Crippen molar-refractivity contribution in [2.75, 3.05) is 13.1 Å². The molecule has 6 heteroatoms. The Labute approximate surface area is 92.0 Å². The minimum atomic E-state index is -2.58. The van der Waals surface area contributed by atoms with E-state index in [1.807, 2.05) is 0 Å². The molecule has 0 amide bonds. The molecule has 1 aliphatic heterocycles. The number of rotatable bonds is 3. The molecule has 0 saturated carbocycles. The SMILES string of the molecule is CC(C)(SN1CCC(F)(F)CC1)C(=O)O. The van der Waals surface area contributed by atoms with E-state index in [0.29, 0.717) is 0 Å². The number of carboxylic acid groups (broad SMARTS) is 1. The lowest BCUT2D eigenvalue weighted by atomic mass is 10.1. The topological polar surface area (TPSA) is 40.5 Å². The van der Waals surface area contributed by atoms with Gasteiger partial charge in [-0.05, 0) is 13.8 Å². The monoisotopic (exact) mass is 239 g/mol. The lowest BCUT2D eigenvalue weighted by Crippen LogP contribution is -2.40. The fourth-order valence-electron chi connectivity index (χ4n) is 1.27.